The summed E-state index contributed by atoms with van der Waals surface area (Å²) in [5, 5.41) is 11.7. The van der Waals surface area contributed by atoms with Gasteiger partial charge in [-0.3, -0.25) is 9.59 Å². The van der Waals surface area contributed by atoms with Gasteiger partial charge in [0.2, 0.25) is 5.91 Å². The zero-order chi connectivity index (χ0) is 14.8. The number of aliphatic carboxylic acids is 1. The quantitative estimate of drug-likeness (QED) is 0.679. The van der Waals surface area contributed by atoms with Gasteiger partial charge in [0.15, 0.2) is 0 Å². The van der Waals surface area contributed by atoms with Crippen molar-refractivity contribution in [2.24, 2.45) is 0 Å². The van der Waals surface area contributed by atoms with Crippen LogP contribution in [-0.2, 0) is 14.3 Å². The molecule has 0 saturated heterocycles. The smallest absolute Gasteiger partial charge is 0.303 e. The third-order valence-corrected chi connectivity index (χ3v) is 2.94. The normalized spacial score (nSPS) is 11.8. The van der Waals surface area contributed by atoms with Crippen LogP contribution in [0, 0.1) is 0 Å². The van der Waals surface area contributed by atoms with E-state index in [0.717, 1.165) is 5.56 Å². The predicted molar refractivity (Wildman–Crippen MR) is 75.3 cm³/mol. The molecule has 1 rings (SSSR count). The fraction of sp³-hybridized carbons (Fsp3) is 0.467. The number of hydrogen-bond acceptors (Lipinski definition) is 3. The number of rotatable bonds is 9. The molecule has 5 nitrogen and oxygen atoms in total. The number of ether oxygens (including phenoxy) is 1. The molecule has 0 radical (unpaired) electrons. The lowest BCUT2D eigenvalue weighted by Crippen LogP contribution is -2.29. The zero-order valence-electron chi connectivity index (χ0n) is 11.7. The van der Waals surface area contributed by atoms with E-state index in [1.807, 2.05) is 30.3 Å². The number of carboxylic acids is 1. The number of carbonyl (C=O) groups is 2. The van der Waals surface area contributed by atoms with Crippen molar-refractivity contribution >= 4 is 11.9 Å². The van der Waals surface area contributed by atoms with Gasteiger partial charge in [-0.25, -0.2) is 0 Å². The van der Waals surface area contributed by atoms with E-state index >= 15 is 0 Å². The molecule has 0 aromatic heterocycles. The van der Waals surface area contributed by atoms with E-state index in [1.54, 1.807) is 7.11 Å². The summed E-state index contributed by atoms with van der Waals surface area (Å²) in [7, 11) is 1.59. The second kappa shape index (κ2) is 9.09. The third-order valence-electron chi connectivity index (χ3n) is 2.94. The molecule has 0 aliphatic carbocycles. The van der Waals surface area contributed by atoms with Gasteiger partial charge in [0.1, 0.15) is 0 Å². The van der Waals surface area contributed by atoms with Crippen LogP contribution in [-0.4, -0.2) is 30.7 Å². The predicted octanol–water partition coefficient (Wildman–Crippen LogP) is 2.14. The highest BCUT2D eigenvalue weighted by Crippen LogP contribution is 2.18. The molecule has 1 amide bonds. The average Bonchev–Trinajstić information content (AvgIpc) is 2.44. The molecule has 0 aliphatic heterocycles. The molecule has 20 heavy (non-hydrogen) atoms. The Hall–Kier alpha value is -1.88. The molecule has 0 saturated carbocycles. The van der Waals surface area contributed by atoms with E-state index < -0.39 is 5.97 Å². The number of hydrogen-bond donors (Lipinski definition) is 2. The van der Waals surface area contributed by atoms with Crippen molar-refractivity contribution in [2.45, 2.75) is 31.7 Å². The molecule has 0 spiro atoms. The molecule has 1 aromatic rings. The molecule has 0 aliphatic rings. The Morgan fingerprint density at radius 3 is 2.55 bits per heavy atom. The van der Waals surface area contributed by atoms with Crippen LogP contribution in [0.1, 0.15) is 37.3 Å². The molecule has 0 bridgehead atoms. The number of carboxylic acid groups (broad SMARTS) is 1. The van der Waals surface area contributed by atoms with Gasteiger partial charge < -0.3 is 15.2 Å². The van der Waals surface area contributed by atoms with Gasteiger partial charge in [0.25, 0.3) is 0 Å². The minimum absolute atomic E-state index is 0.0257. The molecule has 110 valence electrons. The Balaban J connectivity index is 2.58. The molecular formula is C15H21NO4. The zero-order valence-corrected chi connectivity index (χ0v) is 11.7. The minimum Gasteiger partial charge on any atom is -0.481 e. The maximum Gasteiger partial charge on any atom is 0.303 e. The van der Waals surface area contributed by atoms with Crippen molar-refractivity contribution in [3.63, 3.8) is 0 Å². The first-order valence-corrected chi connectivity index (χ1v) is 6.68. The summed E-state index contributed by atoms with van der Waals surface area (Å²) in [5.41, 5.74) is 0.925. The highest BCUT2D eigenvalue weighted by Gasteiger charge is 2.15. The summed E-state index contributed by atoms with van der Waals surface area (Å²) >= 11 is 0. The van der Waals surface area contributed by atoms with Gasteiger partial charge in [-0.2, -0.15) is 0 Å². The Kier molecular flexibility index (Phi) is 7.35. The van der Waals surface area contributed by atoms with Crippen molar-refractivity contribution in [1.29, 1.82) is 0 Å². The van der Waals surface area contributed by atoms with Crippen molar-refractivity contribution in [3.05, 3.63) is 35.9 Å². The van der Waals surface area contributed by atoms with Crippen LogP contribution < -0.4 is 5.32 Å². The van der Waals surface area contributed by atoms with Gasteiger partial charge in [-0.15, -0.1) is 0 Å². The second-order valence-corrected chi connectivity index (χ2v) is 4.56. The molecular weight excluding hydrogens is 258 g/mol. The molecule has 1 aromatic carbocycles. The molecule has 1 unspecified atom stereocenters. The van der Waals surface area contributed by atoms with Crippen LogP contribution in [0.3, 0.4) is 0 Å². The number of methoxy groups -OCH3 is 1. The largest absolute Gasteiger partial charge is 0.481 e. The number of benzene rings is 1. The highest BCUT2D eigenvalue weighted by molar-refractivity contribution is 5.76. The lowest BCUT2D eigenvalue weighted by atomic mass is 10.0. The van der Waals surface area contributed by atoms with Crippen LogP contribution >= 0.6 is 0 Å². The van der Waals surface area contributed by atoms with Gasteiger partial charge >= 0.3 is 5.97 Å². The second-order valence-electron chi connectivity index (χ2n) is 4.56. The van der Waals surface area contributed by atoms with Gasteiger partial charge in [0, 0.05) is 26.6 Å². The minimum atomic E-state index is -0.862. The van der Waals surface area contributed by atoms with Crippen molar-refractivity contribution in [1.82, 2.24) is 5.32 Å². The van der Waals surface area contributed by atoms with Crippen LogP contribution in [0.5, 0.6) is 0 Å². The molecule has 0 heterocycles. The van der Waals surface area contributed by atoms with E-state index in [4.69, 9.17) is 9.84 Å². The molecule has 0 fully saturated rings. The molecule has 2 N–H and O–H groups in total. The summed E-state index contributed by atoms with van der Waals surface area (Å²) in [6, 6.07) is 9.16. The van der Waals surface area contributed by atoms with E-state index in [1.165, 1.54) is 0 Å². The van der Waals surface area contributed by atoms with E-state index in [2.05, 4.69) is 5.32 Å². The number of amides is 1. The summed E-state index contributed by atoms with van der Waals surface area (Å²) in [5.74, 6) is -0.944. The van der Waals surface area contributed by atoms with Crippen LogP contribution in [0.4, 0.5) is 0 Å². The summed E-state index contributed by atoms with van der Waals surface area (Å²) < 4.78 is 4.90. The van der Waals surface area contributed by atoms with Crippen molar-refractivity contribution < 1.29 is 19.4 Å². The first kappa shape index (κ1) is 16.2. The first-order chi connectivity index (χ1) is 9.63. The monoisotopic (exact) mass is 279 g/mol. The maximum absolute atomic E-state index is 11.8. The summed E-state index contributed by atoms with van der Waals surface area (Å²) in [6.07, 6.45) is 1.44. The fourth-order valence-corrected chi connectivity index (χ4v) is 1.92. The van der Waals surface area contributed by atoms with Crippen LogP contribution in [0.25, 0.3) is 0 Å². The first-order valence-electron chi connectivity index (χ1n) is 6.68. The Morgan fingerprint density at radius 1 is 1.25 bits per heavy atom. The SMILES string of the molecule is COCCCC(=O)NC(CCC(=O)O)c1ccccc1. The van der Waals surface area contributed by atoms with E-state index in [0.29, 0.717) is 25.9 Å². The van der Waals surface area contributed by atoms with Gasteiger partial charge in [-0.05, 0) is 18.4 Å². The van der Waals surface area contributed by atoms with Gasteiger partial charge in [0.05, 0.1) is 6.04 Å². The molecule has 5 heteroatoms. The highest BCUT2D eigenvalue weighted by atomic mass is 16.5. The van der Waals surface area contributed by atoms with E-state index in [-0.39, 0.29) is 18.4 Å². The topological polar surface area (TPSA) is 75.6 Å². The fourth-order valence-electron chi connectivity index (χ4n) is 1.92. The summed E-state index contributed by atoms with van der Waals surface area (Å²) in [6.45, 7) is 0.540. The van der Waals surface area contributed by atoms with Crippen LogP contribution in [0.15, 0.2) is 30.3 Å². The summed E-state index contributed by atoms with van der Waals surface area (Å²) in [4.78, 5) is 22.5. The maximum atomic E-state index is 11.8. The lowest BCUT2D eigenvalue weighted by Gasteiger charge is -2.18. The van der Waals surface area contributed by atoms with Gasteiger partial charge in [-0.1, -0.05) is 30.3 Å². The van der Waals surface area contributed by atoms with Crippen molar-refractivity contribution in [2.75, 3.05) is 13.7 Å². The average molecular weight is 279 g/mol. The standard InChI is InChI=1S/C15H21NO4/c1-20-11-5-8-14(17)16-13(9-10-15(18)19)12-6-3-2-4-7-12/h2-4,6-7,13H,5,8-11H2,1H3,(H,16,17)(H,18,19). The Bertz CT molecular complexity index is 419. The Morgan fingerprint density at radius 2 is 1.95 bits per heavy atom. The molecule has 1 atom stereocenters. The Labute approximate surface area is 118 Å². The lowest BCUT2D eigenvalue weighted by molar-refractivity contribution is -0.137. The number of nitrogens with one attached hydrogen (secondary N) is 1. The van der Waals surface area contributed by atoms with Crippen molar-refractivity contribution in [3.8, 4) is 0 Å². The third kappa shape index (κ3) is 6.33. The van der Waals surface area contributed by atoms with Crippen LogP contribution in [0.2, 0.25) is 0 Å². The number of carbonyl (C=O) groups excluding carboxylic acids is 1. The van der Waals surface area contributed by atoms with E-state index in [9.17, 15) is 9.59 Å².